The number of anilines is 1. The van der Waals surface area contributed by atoms with E-state index < -0.39 is 5.25 Å². The Labute approximate surface area is 132 Å². The Bertz CT molecular complexity index is 587. The molecule has 0 amide bonds. The lowest BCUT2D eigenvalue weighted by Gasteiger charge is -2.12. The van der Waals surface area contributed by atoms with Crippen molar-refractivity contribution < 1.29 is 9.53 Å². The van der Waals surface area contributed by atoms with Crippen molar-refractivity contribution in [2.24, 2.45) is 0 Å². The van der Waals surface area contributed by atoms with Gasteiger partial charge in [-0.2, -0.15) is 0 Å². The second kappa shape index (κ2) is 7.42. The van der Waals surface area contributed by atoms with E-state index in [0.717, 1.165) is 15.0 Å². The number of rotatable bonds is 6. The Morgan fingerprint density at radius 2 is 2.00 bits per heavy atom. The van der Waals surface area contributed by atoms with Gasteiger partial charge in [0, 0.05) is 6.04 Å². The summed E-state index contributed by atoms with van der Waals surface area (Å²) in [7, 11) is 1.39. The maximum absolute atomic E-state index is 12.0. The Kier molecular flexibility index (Phi) is 5.58. The number of ether oxygens (including phenoxy) is 1. The third kappa shape index (κ3) is 4.44. The van der Waals surface area contributed by atoms with Crippen LogP contribution >= 0.6 is 23.1 Å². The molecule has 112 valence electrons. The second-order valence-corrected chi connectivity index (χ2v) is 6.93. The lowest BCUT2D eigenvalue weighted by molar-refractivity contribution is -0.140. The van der Waals surface area contributed by atoms with Crippen LogP contribution in [0.5, 0.6) is 0 Å². The summed E-state index contributed by atoms with van der Waals surface area (Å²) in [6, 6.07) is 9.82. The van der Waals surface area contributed by atoms with Gasteiger partial charge in [0.25, 0.3) is 0 Å². The molecule has 0 saturated carbocycles. The van der Waals surface area contributed by atoms with E-state index in [0.29, 0.717) is 6.04 Å². The van der Waals surface area contributed by atoms with Gasteiger partial charge in [0.15, 0.2) is 4.34 Å². The smallest absolute Gasteiger partial charge is 0.323 e. The van der Waals surface area contributed by atoms with Gasteiger partial charge >= 0.3 is 5.97 Å². The van der Waals surface area contributed by atoms with Crippen LogP contribution in [0.15, 0.2) is 34.7 Å². The van der Waals surface area contributed by atoms with Crippen molar-refractivity contribution in [1.29, 1.82) is 0 Å². The molecule has 5 nitrogen and oxygen atoms in total. The second-order valence-electron chi connectivity index (χ2n) is 4.60. The first-order chi connectivity index (χ1) is 10.1. The number of carbonyl (C=O) groups is 1. The molecule has 1 aromatic heterocycles. The van der Waals surface area contributed by atoms with Crippen LogP contribution in [0.2, 0.25) is 0 Å². The van der Waals surface area contributed by atoms with E-state index in [4.69, 9.17) is 4.74 Å². The van der Waals surface area contributed by atoms with Gasteiger partial charge in [-0.15, -0.1) is 10.2 Å². The molecular weight excluding hydrogens is 306 g/mol. The van der Waals surface area contributed by atoms with E-state index in [1.54, 1.807) is 0 Å². The molecule has 0 aliphatic rings. The van der Waals surface area contributed by atoms with Crippen molar-refractivity contribution in [2.45, 2.75) is 29.5 Å². The third-order valence-electron chi connectivity index (χ3n) is 2.55. The summed E-state index contributed by atoms with van der Waals surface area (Å²) in [5.41, 5.74) is 0.892. The van der Waals surface area contributed by atoms with Crippen molar-refractivity contribution in [2.75, 3.05) is 12.4 Å². The fraction of sp³-hybridized carbons (Fsp3) is 0.357. The van der Waals surface area contributed by atoms with Crippen LogP contribution in [-0.4, -0.2) is 29.3 Å². The minimum atomic E-state index is -0.434. The highest BCUT2D eigenvalue weighted by molar-refractivity contribution is 8.01. The molecule has 1 N–H and O–H groups in total. The lowest BCUT2D eigenvalue weighted by atomic mass is 10.1. The van der Waals surface area contributed by atoms with Gasteiger partial charge in [-0.05, 0) is 19.4 Å². The topological polar surface area (TPSA) is 64.1 Å². The lowest BCUT2D eigenvalue weighted by Crippen LogP contribution is -2.10. The summed E-state index contributed by atoms with van der Waals surface area (Å²) in [6.45, 7) is 4.07. The standard InChI is InChI=1S/C14H17N3O2S2/c1-9(2)15-13-16-17-14(21-13)20-11(12(18)19-3)10-7-5-4-6-8-10/h4-9,11H,1-3H3,(H,15,16). The molecule has 0 saturated heterocycles. The van der Waals surface area contributed by atoms with E-state index in [2.05, 4.69) is 15.5 Å². The molecule has 0 spiro atoms. The summed E-state index contributed by atoms with van der Waals surface area (Å²) in [5, 5.41) is 11.7. The number of benzene rings is 1. The SMILES string of the molecule is COC(=O)C(Sc1nnc(NC(C)C)s1)c1ccccc1. The number of nitrogens with zero attached hydrogens (tertiary/aromatic N) is 2. The van der Waals surface area contributed by atoms with Crippen LogP contribution in [0, 0.1) is 0 Å². The first-order valence-electron chi connectivity index (χ1n) is 6.49. The van der Waals surface area contributed by atoms with Crippen LogP contribution in [0.4, 0.5) is 5.13 Å². The Morgan fingerprint density at radius 1 is 1.29 bits per heavy atom. The normalized spacial score (nSPS) is 12.2. The molecule has 1 unspecified atom stereocenters. The van der Waals surface area contributed by atoms with Crippen LogP contribution in [0.1, 0.15) is 24.7 Å². The zero-order chi connectivity index (χ0) is 15.2. The van der Waals surface area contributed by atoms with Gasteiger partial charge < -0.3 is 10.1 Å². The summed E-state index contributed by atoms with van der Waals surface area (Å²) in [4.78, 5) is 12.0. The van der Waals surface area contributed by atoms with Crippen LogP contribution < -0.4 is 5.32 Å². The van der Waals surface area contributed by atoms with Crippen LogP contribution in [0.25, 0.3) is 0 Å². The number of esters is 1. The molecule has 2 rings (SSSR count). The number of aromatic nitrogens is 2. The van der Waals surface area contributed by atoms with Gasteiger partial charge in [0.05, 0.1) is 7.11 Å². The monoisotopic (exact) mass is 323 g/mol. The van der Waals surface area contributed by atoms with E-state index in [9.17, 15) is 4.79 Å². The van der Waals surface area contributed by atoms with E-state index >= 15 is 0 Å². The van der Waals surface area contributed by atoms with Crippen LogP contribution in [0.3, 0.4) is 0 Å². The average molecular weight is 323 g/mol. The van der Waals surface area contributed by atoms with Crippen molar-refractivity contribution >= 4 is 34.2 Å². The number of nitrogens with one attached hydrogen (secondary N) is 1. The average Bonchev–Trinajstić information content (AvgIpc) is 2.91. The molecule has 1 aromatic carbocycles. The Hall–Kier alpha value is -1.60. The minimum Gasteiger partial charge on any atom is -0.468 e. The fourth-order valence-electron chi connectivity index (χ4n) is 1.65. The largest absolute Gasteiger partial charge is 0.468 e. The third-order valence-corrected chi connectivity index (χ3v) is 4.73. The number of hydrogen-bond donors (Lipinski definition) is 1. The number of carbonyl (C=O) groups excluding carboxylic acids is 1. The Balaban J connectivity index is 2.16. The number of methoxy groups -OCH3 is 1. The quantitative estimate of drug-likeness (QED) is 0.649. The van der Waals surface area contributed by atoms with Gasteiger partial charge in [0.2, 0.25) is 5.13 Å². The highest BCUT2D eigenvalue weighted by Crippen LogP contribution is 2.38. The summed E-state index contributed by atoms with van der Waals surface area (Å²) in [5.74, 6) is -0.292. The maximum Gasteiger partial charge on any atom is 0.323 e. The predicted octanol–water partition coefficient (Wildman–Crippen LogP) is 3.36. The van der Waals surface area contributed by atoms with Crippen molar-refractivity contribution in [3.63, 3.8) is 0 Å². The molecule has 21 heavy (non-hydrogen) atoms. The van der Waals surface area contributed by atoms with Crippen LogP contribution in [-0.2, 0) is 9.53 Å². The predicted molar refractivity (Wildman–Crippen MR) is 85.7 cm³/mol. The summed E-state index contributed by atoms with van der Waals surface area (Å²) < 4.78 is 5.63. The first-order valence-corrected chi connectivity index (χ1v) is 8.19. The molecule has 2 aromatic rings. The molecule has 0 aliphatic heterocycles. The van der Waals surface area contributed by atoms with Crippen molar-refractivity contribution in [1.82, 2.24) is 10.2 Å². The van der Waals surface area contributed by atoms with E-state index in [1.807, 2.05) is 44.2 Å². The highest BCUT2D eigenvalue weighted by atomic mass is 32.2. The zero-order valence-corrected chi connectivity index (χ0v) is 13.7. The number of thioether (sulfide) groups is 1. The van der Waals surface area contributed by atoms with Gasteiger partial charge in [-0.25, -0.2) is 0 Å². The van der Waals surface area contributed by atoms with Gasteiger partial charge in [0.1, 0.15) is 5.25 Å². The summed E-state index contributed by atoms with van der Waals surface area (Å²) >= 11 is 2.79. The van der Waals surface area contributed by atoms with E-state index in [-0.39, 0.29) is 5.97 Å². The summed E-state index contributed by atoms with van der Waals surface area (Å²) in [6.07, 6.45) is 0. The highest BCUT2D eigenvalue weighted by Gasteiger charge is 2.24. The first kappa shape index (κ1) is 15.8. The van der Waals surface area contributed by atoms with Crippen molar-refractivity contribution in [3.8, 4) is 0 Å². The van der Waals surface area contributed by atoms with Crippen molar-refractivity contribution in [3.05, 3.63) is 35.9 Å². The molecule has 7 heteroatoms. The maximum atomic E-state index is 12.0. The van der Waals surface area contributed by atoms with Gasteiger partial charge in [-0.1, -0.05) is 53.4 Å². The molecule has 0 aliphatic carbocycles. The molecule has 1 atom stereocenters. The van der Waals surface area contributed by atoms with Gasteiger partial charge in [-0.3, -0.25) is 4.79 Å². The molecule has 0 bridgehead atoms. The zero-order valence-electron chi connectivity index (χ0n) is 12.1. The minimum absolute atomic E-state index is 0.292. The molecule has 0 radical (unpaired) electrons. The number of hydrogen-bond acceptors (Lipinski definition) is 7. The molecule has 0 fully saturated rings. The van der Waals surface area contributed by atoms with E-state index in [1.165, 1.54) is 30.2 Å². The Morgan fingerprint density at radius 3 is 2.62 bits per heavy atom. The molecular formula is C14H17N3O2S2. The molecule has 1 heterocycles. The fourth-order valence-corrected chi connectivity index (χ4v) is 3.77.